The SMILES string of the molecule is CN(C)c1ccc(NC(=O)C2CNC2)cn1. The largest absolute Gasteiger partial charge is 0.363 e. The van der Waals surface area contributed by atoms with E-state index in [4.69, 9.17) is 0 Å². The van der Waals surface area contributed by atoms with Crippen molar-refractivity contribution < 1.29 is 4.79 Å². The van der Waals surface area contributed by atoms with Gasteiger partial charge in [0.1, 0.15) is 5.82 Å². The van der Waals surface area contributed by atoms with Gasteiger partial charge in [-0.15, -0.1) is 0 Å². The van der Waals surface area contributed by atoms with Gasteiger partial charge in [0, 0.05) is 27.2 Å². The number of hydrogen-bond donors (Lipinski definition) is 2. The van der Waals surface area contributed by atoms with Crippen LogP contribution in [0, 0.1) is 5.92 Å². The highest BCUT2D eigenvalue weighted by atomic mass is 16.2. The number of rotatable bonds is 3. The Morgan fingerprint density at radius 2 is 2.25 bits per heavy atom. The minimum atomic E-state index is 0.0677. The Hall–Kier alpha value is -1.62. The van der Waals surface area contributed by atoms with Crippen molar-refractivity contribution in [3.05, 3.63) is 18.3 Å². The van der Waals surface area contributed by atoms with Crippen molar-refractivity contribution in [3.63, 3.8) is 0 Å². The fourth-order valence-corrected chi connectivity index (χ4v) is 1.44. The summed E-state index contributed by atoms with van der Waals surface area (Å²) in [6, 6.07) is 3.75. The van der Waals surface area contributed by atoms with E-state index in [1.807, 2.05) is 31.1 Å². The summed E-state index contributed by atoms with van der Waals surface area (Å²) < 4.78 is 0. The van der Waals surface area contributed by atoms with Crippen LogP contribution in [0.3, 0.4) is 0 Å². The molecule has 2 N–H and O–H groups in total. The van der Waals surface area contributed by atoms with E-state index in [2.05, 4.69) is 15.6 Å². The first kappa shape index (κ1) is 10.9. The first-order valence-electron chi connectivity index (χ1n) is 5.32. The number of aromatic nitrogens is 1. The van der Waals surface area contributed by atoms with Gasteiger partial charge < -0.3 is 15.5 Å². The quantitative estimate of drug-likeness (QED) is 0.769. The van der Waals surface area contributed by atoms with Crippen molar-refractivity contribution in [2.45, 2.75) is 0 Å². The molecule has 1 aliphatic rings. The Labute approximate surface area is 94.9 Å². The molecule has 0 atom stereocenters. The number of anilines is 2. The maximum absolute atomic E-state index is 11.6. The van der Waals surface area contributed by atoms with E-state index in [0.717, 1.165) is 24.6 Å². The minimum Gasteiger partial charge on any atom is -0.363 e. The molecule has 1 amide bonds. The molecular weight excluding hydrogens is 204 g/mol. The fourth-order valence-electron chi connectivity index (χ4n) is 1.44. The van der Waals surface area contributed by atoms with Crippen LogP contribution in [0.15, 0.2) is 18.3 Å². The van der Waals surface area contributed by atoms with Gasteiger partial charge in [-0.1, -0.05) is 0 Å². The second-order valence-electron chi connectivity index (χ2n) is 4.14. The first-order valence-corrected chi connectivity index (χ1v) is 5.32. The van der Waals surface area contributed by atoms with Crippen LogP contribution in [0.4, 0.5) is 11.5 Å². The molecule has 0 aliphatic carbocycles. The summed E-state index contributed by atoms with van der Waals surface area (Å²) in [5.41, 5.74) is 0.752. The van der Waals surface area contributed by atoms with Crippen molar-refractivity contribution in [2.24, 2.45) is 5.92 Å². The lowest BCUT2D eigenvalue weighted by Gasteiger charge is -2.25. The lowest BCUT2D eigenvalue weighted by molar-refractivity contribution is -0.121. The van der Waals surface area contributed by atoms with Crippen LogP contribution in [-0.2, 0) is 4.79 Å². The maximum Gasteiger partial charge on any atom is 0.230 e. The molecule has 0 unspecified atom stereocenters. The Morgan fingerprint density at radius 1 is 1.50 bits per heavy atom. The molecule has 0 bridgehead atoms. The zero-order chi connectivity index (χ0) is 11.5. The van der Waals surface area contributed by atoms with Crippen molar-refractivity contribution in [3.8, 4) is 0 Å². The van der Waals surface area contributed by atoms with E-state index in [0.29, 0.717) is 0 Å². The highest BCUT2D eigenvalue weighted by molar-refractivity contribution is 5.93. The highest BCUT2D eigenvalue weighted by Crippen LogP contribution is 2.13. The predicted molar refractivity (Wildman–Crippen MR) is 63.6 cm³/mol. The number of pyridine rings is 1. The average molecular weight is 220 g/mol. The second-order valence-corrected chi connectivity index (χ2v) is 4.14. The molecule has 0 saturated carbocycles. The van der Waals surface area contributed by atoms with Crippen LogP contribution in [0.2, 0.25) is 0 Å². The van der Waals surface area contributed by atoms with Gasteiger partial charge >= 0.3 is 0 Å². The second kappa shape index (κ2) is 4.49. The van der Waals surface area contributed by atoms with E-state index in [1.165, 1.54) is 0 Å². The van der Waals surface area contributed by atoms with Crippen molar-refractivity contribution in [2.75, 3.05) is 37.4 Å². The molecule has 0 aromatic carbocycles. The molecule has 1 aromatic heterocycles. The summed E-state index contributed by atoms with van der Waals surface area (Å²) in [5, 5.41) is 5.92. The Bertz CT molecular complexity index is 370. The van der Waals surface area contributed by atoms with Gasteiger partial charge in [0.25, 0.3) is 0 Å². The molecule has 1 fully saturated rings. The molecule has 2 heterocycles. The van der Waals surface area contributed by atoms with Gasteiger partial charge in [0.05, 0.1) is 17.8 Å². The van der Waals surface area contributed by atoms with E-state index >= 15 is 0 Å². The number of nitrogens with zero attached hydrogens (tertiary/aromatic N) is 2. The first-order chi connectivity index (χ1) is 7.66. The summed E-state index contributed by atoms with van der Waals surface area (Å²) >= 11 is 0. The van der Waals surface area contributed by atoms with Gasteiger partial charge in [-0.05, 0) is 12.1 Å². The van der Waals surface area contributed by atoms with Crippen LogP contribution in [0.1, 0.15) is 0 Å². The standard InChI is InChI=1S/C11H16N4O/c1-15(2)10-4-3-9(7-13-10)14-11(16)8-5-12-6-8/h3-4,7-8,12H,5-6H2,1-2H3,(H,14,16). The third kappa shape index (κ3) is 2.30. The zero-order valence-electron chi connectivity index (χ0n) is 9.53. The molecule has 2 rings (SSSR count). The van der Waals surface area contributed by atoms with Crippen LogP contribution >= 0.6 is 0 Å². The number of nitrogens with one attached hydrogen (secondary N) is 2. The van der Waals surface area contributed by atoms with E-state index in [1.54, 1.807) is 6.20 Å². The summed E-state index contributed by atoms with van der Waals surface area (Å²) in [5.74, 6) is 1.05. The van der Waals surface area contributed by atoms with Crippen LogP contribution in [0.5, 0.6) is 0 Å². The topological polar surface area (TPSA) is 57.3 Å². The van der Waals surface area contributed by atoms with E-state index in [9.17, 15) is 4.79 Å². The van der Waals surface area contributed by atoms with E-state index in [-0.39, 0.29) is 11.8 Å². The number of hydrogen-bond acceptors (Lipinski definition) is 4. The Balaban J connectivity index is 1.96. The molecule has 16 heavy (non-hydrogen) atoms. The average Bonchev–Trinajstić information content (AvgIpc) is 2.15. The van der Waals surface area contributed by atoms with Gasteiger partial charge in [0.15, 0.2) is 0 Å². The minimum absolute atomic E-state index is 0.0677. The molecule has 5 nitrogen and oxygen atoms in total. The maximum atomic E-state index is 11.6. The van der Waals surface area contributed by atoms with Crippen LogP contribution < -0.4 is 15.5 Å². The summed E-state index contributed by atoms with van der Waals surface area (Å²) in [6.07, 6.45) is 1.68. The monoisotopic (exact) mass is 220 g/mol. The van der Waals surface area contributed by atoms with Gasteiger partial charge in [-0.25, -0.2) is 4.98 Å². The molecule has 1 aromatic rings. The Kier molecular flexibility index (Phi) is 3.05. The van der Waals surface area contributed by atoms with Gasteiger partial charge in [0.2, 0.25) is 5.91 Å². The lowest BCUT2D eigenvalue weighted by atomic mass is 10.0. The van der Waals surface area contributed by atoms with Crippen LogP contribution in [0.25, 0.3) is 0 Å². The van der Waals surface area contributed by atoms with Gasteiger partial charge in [-0.2, -0.15) is 0 Å². The Morgan fingerprint density at radius 3 is 2.69 bits per heavy atom. The molecule has 5 heteroatoms. The number of amides is 1. The normalized spacial score (nSPS) is 15.4. The molecule has 86 valence electrons. The summed E-state index contributed by atoms with van der Waals surface area (Å²) in [6.45, 7) is 1.55. The third-order valence-electron chi connectivity index (χ3n) is 2.63. The number of carbonyl (C=O) groups is 1. The smallest absolute Gasteiger partial charge is 0.230 e. The lowest BCUT2D eigenvalue weighted by Crippen LogP contribution is -2.48. The van der Waals surface area contributed by atoms with Crippen LogP contribution in [-0.4, -0.2) is 38.1 Å². The summed E-state index contributed by atoms with van der Waals surface area (Å²) in [7, 11) is 3.86. The third-order valence-corrected chi connectivity index (χ3v) is 2.63. The van der Waals surface area contributed by atoms with Crippen molar-refractivity contribution in [1.29, 1.82) is 0 Å². The number of carbonyl (C=O) groups excluding carboxylic acids is 1. The highest BCUT2D eigenvalue weighted by Gasteiger charge is 2.24. The van der Waals surface area contributed by atoms with Crippen molar-refractivity contribution in [1.82, 2.24) is 10.3 Å². The van der Waals surface area contributed by atoms with Crippen molar-refractivity contribution >= 4 is 17.4 Å². The summed E-state index contributed by atoms with van der Waals surface area (Å²) in [4.78, 5) is 17.8. The van der Waals surface area contributed by atoms with Gasteiger partial charge in [-0.3, -0.25) is 4.79 Å². The molecule has 0 spiro atoms. The molecular formula is C11H16N4O. The predicted octanol–water partition coefficient (Wildman–Crippen LogP) is 0.305. The van der Waals surface area contributed by atoms with E-state index < -0.39 is 0 Å². The molecule has 1 aliphatic heterocycles. The fraction of sp³-hybridized carbons (Fsp3) is 0.455. The zero-order valence-corrected chi connectivity index (χ0v) is 9.53. The molecule has 0 radical (unpaired) electrons. The molecule has 1 saturated heterocycles.